The first-order valence-corrected chi connectivity index (χ1v) is 7.39. The zero-order valence-corrected chi connectivity index (χ0v) is 12.8. The van der Waals surface area contributed by atoms with Crippen molar-refractivity contribution in [3.8, 4) is 11.5 Å². The molecule has 0 atom stereocenters. The molecule has 0 radical (unpaired) electrons. The van der Waals surface area contributed by atoms with E-state index in [4.69, 9.17) is 15.2 Å². The zero-order chi connectivity index (χ0) is 15.1. The second kappa shape index (κ2) is 7.58. The van der Waals surface area contributed by atoms with Crippen LogP contribution in [0.4, 0.5) is 5.69 Å². The van der Waals surface area contributed by atoms with Gasteiger partial charge in [-0.2, -0.15) is 0 Å². The second-order valence-corrected chi connectivity index (χ2v) is 5.07. The third-order valence-corrected chi connectivity index (χ3v) is 3.36. The first kappa shape index (κ1) is 15.2. The van der Waals surface area contributed by atoms with E-state index in [1.54, 1.807) is 0 Å². The van der Waals surface area contributed by atoms with E-state index in [2.05, 4.69) is 19.1 Å². The lowest BCUT2D eigenvalue weighted by molar-refractivity contribution is 0.246. The molecular weight excluding hydrogens is 262 g/mol. The van der Waals surface area contributed by atoms with Crippen molar-refractivity contribution in [1.82, 2.24) is 0 Å². The molecule has 112 valence electrons. The number of aryl methyl sites for hydroxylation is 2. The Balaban J connectivity index is 1.71. The molecule has 2 aromatic carbocycles. The summed E-state index contributed by atoms with van der Waals surface area (Å²) in [6.45, 7) is 5.43. The van der Waals surface area contributed by atoms with Crippen molar-refractivity contribution in [2.45, 2.75) is 26.7 Å². The monoisotopic (exact) mass is 285 g/mol. The molecule has 0 aliphatic rings. The minimum atomic E-state index is 0.622. The van der Waals surface area contributed by atoms with Crippen LogP contribution in [0.15, 0.2) is 42.5 Å². The fourth-order valence-electron chi connectivity index (χ4n) is 2.02. The van der Waals surface area contributed by atoms with Crippen LogP contribution >= 0.6 is 0 Å². The number of hydrogen-bond donors (Lipinski definition) is 1. The van der Waals surface area contributed by atoms with Crippen molar-refractivity contribution in [2.24, 2.45) is 0 Å². The molecule has 0 saturated carbocycles. The van der Waals surface area contributed by atoms with Crippen LogP contribution in [0.3, 0.4) is 0 Å². The molecule has 3 nitrogen and oxygen atoms in total. The highest BCUT2D eigenvalue weighted by Gasteiger charge is 2.00. The SMILES string of the molecule is CCc1ccc(OCCCOc2cc(N)ccc2C)cc1. The van der Waals surface area contributed by atoms with Gasteiger partial charge in [-0.05, 0) is 42.7 Å². The molecule has 2 rings (SSSR count). The first-order valence-electron chi connectivity index (χ1n) is 7.39. The maximum atomic E-state index is 5.75. The Morgan fingerprint density at radius 1 is 0.952 bits per heavy atom. The quantitative estimate of drug-likeness (QED) is 0.618. The molecule has 0 bridgehead atoms. The summed E-state index contributed by atoms with van der Waals surface area (Å²) in [6, 6.07) is 13.9. The van der Waals surface area contributed by atoms with E-state index in [0.29, 0.717) is 13.2 Å². The molecule has 0 fully saturated rings. The first-order chi connectivity index (χ1) is 10.2. The molecule has 21 heavy (non-hydrogen) atoms. The Morgan fingerprint density at radius 2 is 1.67 bits per heavy atom. The normalized spacial score (nSPS) is 10.4. The largest absolute Gasteiger partial charge is 0.493 e. The van der Waals surface area contributed by atoms with Crippen molar-refractivity contribution in [3.63, 3.8) is 0 Å². The van der Waals surface area contributed by atoms with E-state index >= 15 is 0 Å². The van der Waals surface area contributed by atoms with Crippen molar-refractivity contribution in [2.75, 3.05) is 18.9 Å². The maximum absolute atomic E-state index is 5.75. The Morgan fingerprint density at radius 3 is 2.38 bits per heavy atom. The van der Waals surface area contributed by atoms with Crippen LogP contribution in [0.1, 0.15) is 24.5 Å². The molecule has 0 aliphatic heterocycles. The average Bonchev–Trinajstić information content (AvgIpc) is 2.51. The van der Waals surface area contributed by atoms with E-state index in [1.807, 2.05) is 37.3 Å². The van der Waals surface area contributed by atoms with Crippen molar-refractivity contribution in [3.05, 3.63) is 53.6 Å². The predicted octanol–water partition coefficient (Wildman–Crippen LogP) is 3.99. The second-order valence-electron chi connectivity index (χ2n) is 5.07. The Hall–Kier alpha value is -2.16. The van der Waals surface area contributed by atoms with Gasteiger partial charge in [0.1, 0.15) is 11.5 Å². The van der Waals surface area contributed by atoms with Crippen LogP contribution < -0.4 is 15.2 Å². The molecule has 2 aromatic rings. The van der Waals surface area contributed by atoms with E-state index in [9.17, 15) is 0 Å². The highest BCUT2D eigenvalue weighted by molar-refractivity contribution is 5.47. The summed E-state index contributed by atoms with van der Waals surface area (Å²) in [5.41, 5.74) is 8.90. The standard InChI is InChI=1S/C18H23NO2/c1-3-15-6-9-17(10-7-15)20-11-4-12-21-18-13-16(19)8-5-14(18)2/h5-10,13H,3-4,11-12,19H2,1-2H3. The van der Waals surface area contributed by atoms with Crippen molar-refractivity contribution < 1.29 is 9.47 Å². The zero-order valence-electron chi connectivity index (χ0n) is 12.8. The minimum Gasteiger partial charge on any atom is -0.493 e. The molecule has 0 unspecified atom stereocenters. The summed E-state index contributed by atoms with van der Waals surface area (Å²) in [5, 5.41) is 0. The molecule has 0 aromatic heterocycles. The van der Waals surface area contributed by atoms with Gasteiger partial charge < -0.3 is 15.2 Å². The van der Waals surface area contributed by atoms with Crippen LogP contribution in [-0.4, -0.2) is 13.2 Å². The lowest BCUT2D eigenvalue weighted by Gasteiger charge is -2.10. The van der Waals surface area contributed by atoms with E-state index in [1.165, 1.54) is 5.56 Å². The van der Waals surface area contributed by atoms with Gasteiger partial charge in [0.05, 0.1) is 13.2 Å². The summed E-state index contributed by atoms with van der Waals surface area (Å²) >= 11 is 0. The predicted molar refractivity (Wildman–Crippen MR) is 87.0 cm³/mol. The molecule has 0 saturated heterocycles. The number of anilines is 1. The Labute approximate surface area is 126 Å². The lowest BCUT2D eigenvalue weighted by atomic mass is 10.2. The van der Waals surface area contributed by atoms with Gasteiger partial charge >= 0.3 is 0 Å². The van der Waals surface area contributed by atoms with Gasteiger partial charge in [0, 0.05) is 18.2 Å². The molecule has 3 heteroatoms. The fraction of sp³-hybridized carbons (Fsp3) is 0.333. The third-order valence-electron chi connectivity index (χ3n) is 3.36. The number of ether oxygens (including phenoxy) is 2. The van der Waals surface area contributed by atoms with Crippen LogP contribution in [0, 0.1) is 6.92 Å². The number of rotatable bonds is 7. The van der Waals surface area contributed by atoms with E-state index in [-0.39, 0.29) is 0 Å². The van der Waals surface area contributed by atoms with Gasteiger partial charge in [-0.1, -0.05) is 25.1 Å². The van der Waals surface area contributed by atoms with Crippen molar-refractivity contribution >= 4 is 5.69 Å². The Bertz CT molecular complexity index is 564. The van der Waals surface area contributed by atoms with Crippen LogP contribution in [0.2, 0.25) is 0 Å². The summed E-state index contributed by atoms with van der Waals surface area (Å²) in [5.74, 6) is 1.76. The van der Waals surface area contributed by atoms with Gasteiger partial charge in [0.2, 0.25) is 0 Å². The Kier molecular flexibility index (Phi) is 5.50. The van der Waals surface area contributed by atoms with Crippen LogP contribution in [0.25, 0.3) is 0 Å². The maximum Gasteiger partial charge on any atom is 0.124 e. The molecular formula is C18H23NO2. The minimum absolute atomic E-state index is 0.622. The highest BCUT2D eigenvalue weighted by atomic mass is 16.5. The summed E-state index contributed by atoms with van der Waals surface area (Å²) < 4.78 is 11.4. The van der Waals surface area contributed by atoms with Gasteiger partial charge in [-0.15, -0.1) is 0 Å². The van der Waals surface area contributed by atoms with Crippen LogP contribution in [-0.2, 0) is 6.42 Å². The highest BCUT2D eigenvalue weighted by Crippen LogP contribution is 2.20. The third kappa shape index (κ3) is 4.71. The smallest absolute Gasteiger partial charge is 0.124 e. The summed E-state index contributed by atoms with van der Waals surface area (Å²) in [6.07, 6.45) is 1.89. The number of benzene rings is 2. The van der Waals surface area contributed by atoms with Crippen molar-refractivity contribution in [1.29, 1.82) is 0 Å². The van der Waals surface area contributed by atoms with Crippen LogP contribution in [0.5, 0.6) is 11.5 Å². The summed E-state index contributed by atoms with van der Waals surface area (Å²) in [7, 11) is 0. The van der Waals surface area contributed by atoms with Gasteiger partial charge in [0.15, 0.2) is 0 Å². The van der Waals surface area contributed by atoms with Gasteiger partial charge in [-0.3, -0.25) is 0 Å². The molecule has 0 aliphatic carbocycles. The number of hydrogen-bond acceptors (Lipinski definition) is 3. The molecule has 0 heterocycles. The van der Waals surface area contributed by atoms with E-state index < -0.39 is 0 Å². The van der Waals surface area contributed by atoms with Gasteiger partial charge in [-0.25, -0.2) is 0 Å². The lowest BCUT2D eigenvalue weighted by Crippen LogP contribution is -2.06. The molecule has 0 spiro atoms. The van der Waals surface area contributed by atoms with E-state index in [0.717, 1.165) is 35.6 Å². The number of nitrogen functional groups attached to an aromatic ring is 1. The molecule has 0 amide bonds. The topological polar surface area (TPSA) is 44.5 Å². The molecule has 2 N–H and O–H groups in total. The fourth-order valence-corrected chi connectivity index (χ4v) is 2.02. The average molecular weight is 285 g/mol. The van der Waals surface area contributed by atoms with Gasteiger partial charge in [0.25, 0.3) is 0 Å². The summed E-state index contributed by atoms with van der Waals surface area (Å²) in [4.78, 5) is 0. The number of nitrogens with two attached hydrogens (primary N) is 1.